The zero-order valence-corrected chi connectivity index (χ0v) is 13.2. The summed E-state index contributed by atoms with van der Waals surface area (Å²) in [5.41, 5.74) is 7.34. The standard InChI is InChI=1S/C13H21BrN2OS/c1-16(8-10-6-13(14)18-9-10)12(7-15)11-2-4-17-5-3-11/h6,9,11-12H,2-5,7-8,15H2,1H3. The Bertz CT molecular complexity index is 366. The molecule has 1 aromatic rings. The maximum Gasteiger partial charge on any atom is 0.0701 e. The van der Waals surface area contributed by atoms with E-state index in [1.54, 1.807) is 11.3 Å². The lowest BCUT2D eigenvalue weighted by Gasteiger charge is -2.35. The Morgan fingerprint density at radius 3 is 2.83 bits per heavy atom. The fraction of sp³-hybridized carbons (Fsp3) is 0.692. The molecule has 0 aliphatic carbocycles. The van der Waals surface area contributed by atoms with Crippen molar-refractivity contribution in [3.8, 4) is 0 Å². The summed E-state index contributed by atoms with van der Waals surface area (Å²) in [4.78, 5) is 2.39. The summed E-state index contributed by atoms with van der Waals surface area (Å²) < 4.78 is 6.63. The molecule has 0 radical (unpaired) electrons. The van der Waals surface area contributed by atoms with Crippen LogP contribution in [0.5, 0.6) is 0 Å². The Morgan fingerprint density at radius 2 is 2.28 bits per heavy atom. The van der Waals surface area contributed by atoms with Crippen molar-refractivity contribution in [3.63, 3.8) is 0 Å². The summed E-state index contributed by atoms with van der Waals surface area (Å²) in [6, 6.07) is 2.66. The Labute approximate surface area is 121 Å². The molecule has 18 heavy (non-hydrogen) atoms. The van der Waals surface area contributed by atoms with Gasteiger partial charge in [-0.1, -0.05) is 0 Å². The molecule has 2 N–H and O–H groups in total. The van der Waals surface area contributed by atoms with Gasteiger partial charge >= 0.3 is 0 Å². The second-order valence-corrected chi connectivity index (χ2v) is 7.22. The number of nitrogens with two attached hydrogens (primary N) is 1. The molecule has 102 valence electrons. The number of rotatable bonds is 5. The third-order valence-electron chi connectivity index (χ3n) is 3.67. The maximum absolute atomic E-state index is 5.97. The number of halogens is 1. The van der Waals surface area contributed by atoms with E-state index >= 15 is 0 Å². The van der Waals surface area contributed by atoms with Crippen LogP contribution in [0.3, 0.4) is 0 Å². The van der Waals surface area contributed by atoms with Gasteiger partial charge in [-0.2, -0.15) is 0 Å². The highest BCUT2D eigenvalue weighted by molar-refractivity contribution is 9.11. The topological polar surface area (TPSA) is 38.5 Å². The van der Waals surface area contributed by atoms with Gasteiger partial charge in [-0.25, -0.2) is 0 Å². The van der Waals surface area contributed by atoms with Crippen LogP contribution in [-0.2, 0) is 11.3 Å². The molecule has 2 heterocycles. The van der Waals surface area contributed by atoms with Gasteiger partial charge in [0, 0.05) is 32.3 Å². The maximum atomic E-state index is 5.97. The van der Waals surface area contributed by atoms with E-state index in [0.717, 1.165) is 39.1 Å². The third kappa shape index (κ3) is 3.78. The summed E-state index contributed by atoms with van der Waals surface area (Å²) >= 11 is 5.25. The van der Waals surface area contributed by atoms with Crippen molar-refractivity contribution < 1.29 is 4.74 Å². The van der Waals surface area contributed by atoms with E-state index in [2.05, 4.69) is 39.3 Å². The highest BCUT2D eigenvalue weighted by atomic mass is 79.9. The van der Waals surface area contributed by atoms with E-state index in [4.69, 9.17) is 10.5 Å². The number of nitrogens with zero attached hydrogens (tertiary/aromatic N) is 1. The van der Waals surface area contributed by atoms with Crippen LogP contribution in [0, 0.1) is 5.92 Å². The number of ether oxygens (including phenoxy) is 1. The Morgan fingerprint density at radius 1 is 1.56 bits per heavy atom. The smallest absolute Gasteiger partial charge is 0.0701 e. The fourth-order valence-electron chi connectivity index (χ4n) is 2.67. The number of thiophene rings is 1. The third-order valence-corrected chi connectivity index (χ3v) is 5.22. The van der Waals surface area contributed by atoms with Gasteiger partial charge in [-0.3, -0.25) is 4.90 Å². The van der Waals surface area contributed by atoms with Crippen molar-refractivity contribution in [1.82, 2.24) is 4.90 Å². The van der Waals surface area contributed by atoms with Gasteiger partial charge in [0.05, 0.1) is 3.79 Å². The van der Waals surface area contributed by atoms with Crippen LogP contribution in [0.25, 0.3) is 0 Å². The monoisotopic (exact) mass is 332 g/mol. The summed E-state index contributed by atoms with van der Waals surface area (Å²) in [5.74, 6) is 0.677. The molecule has 1 fully saturated rings. The average molecular weight is 333 g/mol. The molecule has 2 rings (SSSR count). The van der Waals surface area contributed by atoms with E-state index in [-0.39, 0.29) is 0 Å². The molecule has 0 aromatic carbocycles. The molecular weight excluding hydrogens is 312 g/mol. The van der Waals surface area contributed by atoms with Crippen LogP contribution >= 0.6 is 27.3 Å². The summed E-state index contributed by atoms with van der Waals surface area (Å²) in [5, 5.41) is 2.21. The van der Waals surface area contributed by atoms with Gasteiger partial charge in [-0.15, -0.1) is 11.3 Å². The van der Waals surface area contributed by atoms with E-state index in [1.807, 2.05) is 0 Å². The molecule has 0 spiro atoms. The largest absolute Gasteiger partial charge is 0.381 e. The Kier molecular flexibility index (Phi) is 5.63. The Hall–Kier alpha value is 0.0600. The zero-order chi connectivity index (χ0) is 13.0. The van der Waals surface area contributed by atoms with Crippen LogP contribution in [0.15, 0.2) is 15.2 Å². The number of hydrogen-bond donors (Lipinski definition) is 1. The zero-order valence-electron chi connectivity index (χ0n) is 10.8. The molecule has 0 saturated carbocycles. The van der Waals surface area contributed by atoms with Crippen LogP contribution in [-0.4, -0.2) is 37.7 Å². The summed E-state index contributed by atoms with van der Waals surface area (Å²) in [7, 11) is 2.18. The van der Waals surface area contributed by atoms with Crippen molar-refractivity contribution in [2.24, 2.45) is 11.7 Å². The lowest BCUT2D eigenvalue weighted by Crippen LogP contribution is -2.44. The van der Waals surface area contributed by atoms with Gasteiger partial charge < -0.3 is 10.5 Å². The van der Waals surface area contributed by atoms with E-state index in [9.17, 15) is 0 Å². The molecule has 1 atom stereocenters. The van der Waals surface area contributed by atoms with Gasteiger partial charge in [0.2, 0.25) is 0 Å². The normalized spacial score (nSPS) is 19.3. The van der Waals surface area contributed by atoms with Gasteiger partial charge in [-0.05, 0) is 58.7 Å². The molecule has 1 unspecified atom stereocenters. The molecule has 1 aromatic heterocycles. The first-order valence-corrected chi connectivity index (χ1v) is 8.09. The predicted octanol–water partition coefficient (Wildman–Crippen LogP) is 2.70. The second kappa shape index (κ2) is 7.01. The highest BCUT2D eigenvalue weighted by Crippen LogP contribution is 2.25. The van der Waals surface area contributed by atoms with Crippen molar-refractivity contribution in [1.29, 1.82) is 0 Å². The first-order chi connectivity index (χ1) is 8.70. The van der Waals surface area contributed by atoms with Crippen LogP contribution in [0.4, 0.5) is 0 Å². The highest BCUT2D eigenvalue weighted by Gasteiger charge is 2.26. The van der Waals surface area contributed by atoms with Crippen LogP contribution < -0.4 is 5.73 Å². The first-order valence-electron chi connectivity index (χ1n) is 6.41. The molecule has 0 bridgehead atoms. The average Bonchev–Trinajstić information content (AvgIpc) is 2.77. The molecule has 1 aliphatic heterocycles. The lowest BCUT2D eigenvalue weighted by atomic mass is 9.90. The van der Waals surface area contributed by atoms with Gasteiger partial charge in [0.15, 0.2) is 0 Å². The predicted molar refractivity (Wildman–Crippen MR) is 79.9 cm³/mol. The minimum atomic E-state index is 0.465. The fourth-order valence-corrected chi connectivity index (χ4v) is 3.87. The number of hydrogen-bond acceptors (Lipinski definition) is 4. The van der Waals surface area contributed by atoms with E-state index in [0.29, 0.717) is 12.0 Å². The van der Waals surface area contributed by atoms with Crippen molar-refractivity contribution in [3.05, 3.63) is 20.8 Å². The quantitative estimate of drug-likeness (QED) is 0.900. The summed E-state index contributed by atoms with van der Waals surface area (Å²) in [6.07, 6.45) is 2.28. The van der Waals surface area contributed by atoms with Crippen molar-refractivity contribution in [2.45, 2.75) is 25.4 Å². The SMILES string of the molecule is CN(Cc1csc(Br)c1)C(CN)C1CCOCC1. The van der Waals surface area contributed by atoms with Gasteiger partial charge in [0.1, 0.15) is 0 Å². The summed E-state index contributed by atoms with van der Waals surface area (Å²) in [6.45, 7) is 3.48. The van der Waals surface area contributed by atoms with Crippen molar-refractivity contribution in [2.75, 3.05) is 26.8 Å². The van der Waals surface area contributed by atoms with Crippen LogP contribution in [0.2, 0.25) is 0 Å². The minimum absolute atomic E-state index is 0.465. The molecule has 3 nitrogen and oxygen atoms in total. The van der Waals surface area contributed by atoms with E-state index < -0.39 is 0 Å². The first kappa shape index (κ1) is 14.5. The molecule has 5 heteroatoms. The molecule has 0 amide bonds. The molecule has 1 saturated heterocycles. The number of likely N-dealkylation sites (N-methyl/N-ethyl adjacent to an activating group) is 1. The molecular formula is C13H21BrN2OS. The Balaban J connectivity index is 1.93. The van der Waals surface area contributed by atoms with Crippen LogP contribution in [0.1, 0.15) is 18.4 Å². The lowest BCUT2D eigenvalue weighted by molar-refractivity contribution is 0.0322. The minimum Gasteiger partial charge on any atom is -0.381 e. The van der Waals surface area contributed by atoms with Crippen molar-refractivity contribution >= 4 is 27.3 Å². The molecule has 1 aliphatic rings. The van der Waals surface area contributed by atoms with E-state index in [1.165, 1.54) is 9.35 Å². The van der Waals surface area contributed by atoms with Gasteiger partial charge in [0.25, 0.3) is 0 Å². The second-order valence-electron chi connectivity index (χ2n) is 4.93.